The van der Waals surface area contributed by atoms with Crippen molar-refractivity contribution >= 4 is 16.5 Å². The van der Waals surface area contributed by atoms with Gasteiger partial charge in [-0.2, -0.15) is 0 Å². The molecular weight excluding hydrogens is 228 g/mol. The molecule has 0 atom stereocenters. The van der Waals surface area contributed by atoms with Gasteiger partial charge in [0.1, 0.15) is 0 Å². The maximum atomic E-state index is 4.40. The lowest BCUT2D eigenvalue weighted by atomic mass is 10.1. The Morgan fingerprint density at radius 2 is 2.18 bits per heavy atom. The lowest BCUT2D eigenvalue weighted by Gasteiger charge is -2.04. The highest BCUT2D eigenvalue weighted by Gasteiger charge is 2.04. The van der Waals surface area contributed by atoms with Crippen LogP contribution in [-0.4, -0.2) is 11.5 Å². The fourth-order valence-corrected chi connectivity index (χ4v) is 2.40. The van der Waals surface area contributed by atoms with E-state index in [1.807, 2.05) is 6.20 Å². The fraction of sp³-hybridized carbons (Fsp3) is 0.357. The molecule has 2 rings (SSSR count). The molecule has 0 saturated carbocycles. The summed E-state index contributed by atoms with van der Waals surface area (Å²) < 4.78 is 0. The molecule has 2 nitrogen and oxygen atoms in total. The smallest absolute Gasteiger partial charge is 0.183 e. The summed E-state index contributed by atoms with van der Waals surface area (Å²) in [6.07, 6.45) is 1.95. The number of thiazole rings is 1. The summed E-state index contributed by atoms with van der Waals surface area (Å²) in [4.78, 5) is 5.62. The molecule has 1 heterocycles. The fourth-order valence-electron chi connectivity index (χ4n) is 1.58. The summed E-state index contributed by atoms with van der Waals surface area (Å²) in [7, 11) is 0. The molecule has 17 heavy (non-hydrogen) atoms. The number of hydrogen-bond donors (Lipinski definition) is 1. The predicted octanol–water partition coefficient (Wildman–Crippen LogP) is 4.19. The quantitative estimate of drug-likeness (QED) is 0.875. The number of hydrogen-bond acceptors (Lipinski definition) is 3. The van der Waals surface area contributed by atoms with Gasteiger partial charge in [0, 0.05) is 12.7 Å². The molecule has 0 aliphatic heterocycles. The minimum atomic E-state index is 0.640. The minimum Gasteiger partial charge on any atom is -0.361 e. The molecule has 2 aromatic rings. The molecular formula is C14H18N2S. The van der Waals surface area contributed by atoms with Crippen molar-refractivity contribution in [2.75, 3.05) is 11.9 Å². The second-order valence-corrected chi connectivity index (χ2v) is 5.70. The number of aromatic nitrogens is 1. The van der Waals surface area contributed by atoms with Crippen LogP contribution in [-0.2, 0) is 0 Å². The first kappa shape index (κ1) is 12.1. The van der Waals surface area contributed by atoms with Gasteiger partial charge in [0.05, 0.1) is 4.88 Å². The van der Waals surface area contributed by atoms with Gasteiger partial charge in [-0.3, -0.25) is 0 Å². The highest BCUT2D eigenvalue weighted by atomic mass is 32.1. The number of rotatable bonds is 4. The van der Waals surface area contributed by atoms with Gasteiger partial charge in [0.15, 0.2) is 5.13 Å². The Morgan fingerprint density at radius 1 is 1.35 bits per heavy atom. The van der Waals surface area contributed by atoms with E-state index in [4.69, 9.17) is 0 Å². The molecule has 0 fully saturated rings. The molecule has 0 aliphatic rings. The van der Waals surface area contributed by atoms with E-state index in [2.05, 4.69) is 55.3 Å². The van der Waals surface area contributed by atoms with Crippen LogP contribution in [0, 0.1) is 12.8 Å². The summed E-state index contributed by atoms with van der Waals surface area (Å²) in [5.41, 5.74) is 2.53. The molecule has 0 amide bonds. The second-order valence-electron chi connectivity index (χ2n) is 4.67. The predicted molar refractivity (Wildman–Crippen MR) is 75.6 cm³/mol. The lowest BCUT2D eigenvalue weighted by molar-refractivity contribution is 0.688. The van der Waals surface area contributed by atoms with Gasteiger partial charge in [-0.25, -0.2) is 4.98 Å². The third-order valence-corrected chi connectivity index (χ3v) is 3.47. The molecule has 0 radical (unpaired) electrons. The number of anilines is 1. The van der Waals surface area contributed by atoms with Crippen LogP contribution in [0.4, 0.5) is 5.13 Å². The topological polar surface area (TPSA) is 24.9 Å². The zero-order valence-electron chi connectivity index (χ0n) is 10.5. The number of aryl methyl sites for hydroxylation is 1. The number of nitrogens with zero attached hydrogens (tertiary/aromatic N) is 1. The van der Waals surface area contributed by atoms with Crippen molar-refractivity contribution in [3.05, 3.63) is 36.0 Å². The maximum absolute atomic E-state index is 4.40. The highest BCUT2D eigenvalue weighted by Crippen LogP contribution is 2.29. The zero-order valence-corrected chi connectivity index (χ0v) is 11.3. The second kappa shape index (κ2) is 5.32. The molecule has 0 spiro atoms. The molecule has 1 aromatic carbocycles. The Bertz CT molecular complexity index is 488. The van der Waals surface area contributed by atoms with Crippen molar-refractivity contribution < 1.29 is 0 Å². The van der Waals surface area contributed by atoms with Crippen molar-refractivity contribution in [2.45, 2.75) is 20.8 Å². The largest absolute Gasteiger partial charge is 0.361 e. The van der Waals surface area contributed by atoms with E-state index in [1.54, 1.807) is 11.3 Å². The van der Waals surface area contributed by atoms with Gasteiger partial charge in [-0.05, 0) is 18.4 Å². The van der Waals surface area contributed by atoms with E-state index in [0.717, 1.165) is 11.7 Å². The van der Waals surface area contributed by atoms with Crippen LogP contribution in [0.25, 0.3) is 10.4 Å². The molecule has 90 valence electrons. The Kier molecular flexibility index (Phi) is 3.79. The third kappa shape index (κ3) is 3.30. The van der Waals surface area contributed by atoms with Gasteiger partial charge in [-0.15, -0.1) is 0 Å². The van der Waals surface area contributed by atoms with Gasteiger partial charge in [0.25, 0.3) is 0 Å². The van der Waals surface area contributed by atoms with E-state index < -0.39 is 0 Å². The van der Waals surface area contributed by atoms with Gasteiger partial charge in [0.2, 0.25) is 0 Å². The first-order chi connectivity index (χ1) is 8.15. The maximum Gasteiger partial charge on any atom is 0.183 e. The summed E-state index contributed by atoms with van der Waals surface area (Å²) in [6, 6.07) is 8.53. The van der Waals surface area contributed by atoms with Crippen LogP contribution in [0.3, 0.4) is 0 Å². The van der Waals surface area contributed by atoms with E-state index in [-0.39, 0.29) is 0 Å². The summed E-state index contributed by atoms with van der Waals surface area (Å²) >= 11 is 1.71. The van der Waals surface area contributed by atoms with E-state index in [9.17, 15) is 0 Å². The van der Waals surface area contributed by atoms with E-state index >= 15 is 0 Å². The minimum absolute atomic E-state index is 0.640. The first-order valence-corrected chi connectivity index (χ1v) is 6.73. The van der Waals surface area contributed by atoms with Crippen molar-refractivity contribution in [3.8, 4) is 10.4 Å². The summed E-state index contributed by atoms with van der Waals surface area (Å²) in [5.74, 6) is 0.640. The molecule has 1 N–H and O–H groups in total. The van der Waals surface area contributed by atoms with Gasteiger partial charge >= 0.3 is 0 Å². The SMILES string of the molecule is Cc1cccc(-c2cnc(NCC(C)C)s2)c1. The van der Waals surface area contributed by atoms with E-state index in [0.29, 0.717) is 5.92 Å². The molecule has 0 aliphatic carbocycles. The van der Waals surface area contributed by atoms with Crippen LogP contribution < -0.4 is 5.32 Å². The Balaban J connectivity index is 2.12. The number of benzene rings is 1. The van der Waals surface area contributed by atoms with Crippen molar-refractivity contribution in [1.82, 2.24) is 4.98 Å². The molecule has 0 unspecified atom stereocenters. The van der Waals surface area contributed by atoms with Crippen LogP contribution in [0.5, 0.6) is 0 Å². The Hall–Kier alpha value is -1.35. The highest BCUT2D eigenvalue weighted by molar-refractivity contribution is 7.18. The molecule has 1 aromatic heterocycles. The normalized spacial score (nSPS) is 10.8. The van der Waals surface area contributed by atoms with Crippen LogP contribution in [0.2, 0.25) is 0 Å². The Morgan fingerprint density at radius 3 is 2.88 bits per heavy atom. The van der Waals surface area contributed by atoms with E-state index in [1.165, 1.54) is 16.0 Å². The summed E-state index contributed by atoms with van der Waals surface area (Å²) in [5, 5.41) is 4.37. The standard InChI is InChI=1S/C14H18N2S/c1-10(2)8-15-14-16-9-13(17-14)12-6-4-5-11(3)7-12/h4-7,9-10H,8H2,1-3H3,(H,15,16). The number of nitrogens with one attached hydrogen (secondary N) is 1. The average Bonchev–Trinajstić information content (AvgIpc) is 2.75. The molecule has 3 heteroatoms. The molecule has 0 bridgehead atoms. The van der Waals surface area contributed by atoms with Crippen molar-refractivity contribution in [1.29, 1.82) is 0 Å². The third-order valence-electron chi connectivity index (χ3n) is 2.47. The lowest BCUT2D eigenvalue weighted by Crippen LogP contribution is -2.07. The van der Waals surface area contributed by atoms with Gasteiger partial charge < -0.3 is 5.32 Å². The monoisotopic (exact) mass is 246 g/mol. The first-order valence-electron chi connectivity index (χ1n) is 5.92. The van der Waals surface area contributed by atoms with Crippen molar-refractivity contribution in [2.24, 2.45) is 5.92 Å². The van der Waals surface area contributed by atoms with Crippen LogP contribution >= 0.6 is 11.3 Å². The van der Waals surface area contributed by atoms with Crippen LogP contribution in [0.15, 0.2) is 30.5 Å². The average molecular weight is 246 g/mol. The Labute approximate surface area is 107 Å². The van der Waals surface area contributed by atoms with Crippen molar-refractivity contribution in [3.63, 3.8) is 0 Å². The molecule has 0 saturated heterocycles. The van der Waals surface area contributed by atoms with Crippen LogP contribution in [0.1, 0.15) is 19.4 Å². The van der Waals surface area contributed by atoms with Gasteiger partial charge in [-0.1, -0.05) is 55.0 Å². The summed E-state index contributed by atoms with van der Waals surface area (Å²) in [6.45, 7) is 7.48. The zero-order chi connectivity index (χ0) is 12.3.